The Morgan fingerprint density at radius 1 is 1.41 bits per heavy atom. The zero-order valence-corrected chi connectivity index (χ0v) is 11.5. The van der Waals surface area contributed by atoms with Crippen LogP contribution in [0.3, 0.4) is 0 Å². The number of halogens is 1. The monoisotopic (exact) mass is 311 g/mol. The third-order valence-electron chi connectivity index (χ3n) is 2.30. The van der Waals surface area contributed by atoms with Gasteiger partial charge in [-0.2, -0.15) is 0 Å². The fraction of sp³-hybridized carbons (Fsp3) is 0.167. The molecule has 0 unspecified atom stereocenters. The van der Waals surface area contributed by atoms with Crippen LogP contribution in [0.25, 0.3) is 0 Å². The molecule has 5 heteroatoms. The van der Waals surface area contributed by atoms with Crippen LogP contribution >= 0.6 is 27.3 Å². The van der Waals surface area contributed by atoms with Gasteiger partial charge in [-0.3, -0.25) is 0 Å². The van der Waals surface area contributed by atoms with Crippen molar-refractivity contribution in [3.05, 3.63) is 49.9 Å². The van der Waals surface area contributed by atoms with Gasteiger partial charge < -0.3 is 5.11 Å². The maximum absolute atomic E-state index is 10.9. The van der Waals surface area contributed by atoms with Crippen LogP contribution in [0.4, 0.5) is 0 Å². The zero-order valence-electron chi connectivity index (χ0n) is 9.11. The number of hydrogen-bond acceptors (Lipinski definition) is 3. The average molecular weight is 312 g/mol. The molecule has 1 aromatic heterocycles. The third-order valence-corrected chi connectivity index (χ3v) is 3.98. The van der Waals surface area contributed by atoms with E-state index < -0.39 is 5.97 Å². The molecule has 2 rings (SSSR count). The molecule has 0 fully saturated rings. The topological polar surface area (TPSA) is 50.2 Å². The van der Waals surface area contributed by atoms with Crippen molar-refractivity contribution in [2.24, 2.45) is 0 Å². The van der Waals surface area contributed by atoms with Crippen molar-refractivity contribution in [3.8, 4) is 0 Å². The molecule has 0 saturated carbocycles. The zero-order chi connectivity index (χ0) is 12.4. The SMILES string of the molecule is Cc1nc(Cc2ccc(Br)cc2)sc1C(=O)O. The van der Waals surface area contributed by atoms with E-state index in [1.165, 1.54) is 11.3 Å². The third kappa shape index (κ3) is 2.92. The summed E-state index contributed by atoms with van der Waals surface area (Å²) in [5.41, 5.74) is 1.72. The van der Waals surface area contributed by atoms with Crippen LogP contribution in [-0.2, 0) is 6.42 Å². The van der Waals surface area contributed by atoms with Crippen molar-refractivity contribution in [1.29, 1.82) is 0 Å². The van der Waals surface area contributed by atoms with Crippen LogP contribution in [0.5, 0.6) is 0 Å². The number of carboxylic acid groups (broad SMARTS) is 1. The Kier molecular flexibility index (Phi) is 3.59. The summed E-state index contributed by atoms with van der Waals surface area (Å²) in [4.78, 5) is 15.5. The minimum atomic E-state index is -0.901. The molecule has 0 radical (unpaired) electrons. The lowest BCUT2D eigenvalue weighted by Crippen LogP contribution is -1.94. The maximum atomic E-state index is 10.9. The number of benzene rings is 1. The summed E-state index contributed by atoms with van der Waals surface area (Å²) < 4.78 is 1.03. The van der Waals surface area contributed by atoms with E-state index in [-0.39, 0.29) is 0 Å². The van der Waals surface area contributed by atoms with Crippen molar-refractivity contribution in [2.75, 3.05) is 0 Å². The van der Waals surface area contributed by atoms with E-state index in [2.05, 4.69) is 20.9 Å². The first-order valence-electron chi connectivity index (χ1n) is 5.00. The second-order valence-electron chi connectivity index (χ2n) is 3.63. The minimum absolute atomic E-state index is 0.331. The van der Waals surface area contributed by atoms with Gasteiger partial charge in [-0.05, 0) is 24.6 Å². The number of carbonyl (C=O) groups is 1. The molecule has 0 aliphatic heterocycles. The number of aromatic carboxylic acids is 1. The normalized spacial score (nSPS) is 10.5. The molecule has 88 valence electrons. The van der Waals surface area contributed by atoms with Crippen molar-refractivity contribution in [1.82, 2.24) is 4.98 Å². The molecule has 2 aromatic rings. The lowest BCUT2D eigenvalue weighted by atomic mass is 10.2. The largest absolute Gasteiger partial charge is 0.477 e. The summed E-state index contributed by atoms with van der Waals surface area (Å²) in [5, 5.41) is 9.78. The summed E-state index contributed by atoms with van der Waals surface area (Å²) in [6, 6.07) is 7.93. The van der Waals surface area contributed by atoms with Gasteiger partial charge in [0.15, 0.2) is 0 Å². The Morgan fingerprint density at radius 3 is 2.59 bits per heavy atom. The number of hydrogen-bond donors (Lipinski definition) is 1. The van der Waals surface area contributed by atoms with Crippen LogP contribution in [0.1, 0.15) is 25.9 Å². The standard InChI is InChI=1S/C12H10BrNO2S/c1-7-11(12(15)16)17-10(14-7)6-8-2-4-9(13)5-3-8/h2-5H,6H2,1H3,(H,15,16). The molecule has 0 aliphatic rings. The van der Waals surface area contributed by atoms with E-state index in [1.54, 1.807) is 6.92 Å². The van der Waals surface area contributed by atoms with Crippen molar-refractivity contribution in [2.45, 2.75) is 13.3 Å². The fourth-order valence-electron chi connectivity index (χ4n) is 1.50. The molecule has 0 bridgehead atoms. The highest BCUT2D eigenvalue weighted by Gasteiger charge is 2.13. The van der Waals surface area contributed by atoms with E-state index in [1.807, 2.05) is 24.3 Å². The summed E-state index contributed by atoms with van der Waals surface area (Å²) in [6.45, 7) is 1.73. The van der Waals surface area contributed by atoms with Gasteiger partial charge in [0, 0.05) is 10.9 Å². The number of thiazole rings is 1. The van der Waals surface area contributed by atoms with Gasteiger partial charge in [0.2, 0.25) is 0 Å². The molecule has 0 aliphatic carbocycles. The quantitative estimate of drug-likeness (QED) is 0.943. The van der Waals surface area contributed by atoms with Crippen LogP contribution in [-0.4, -0.2) is 16.1 Å². The first-order valence-corrected chi connectivity index (χ1v) is 6.61. The number of nitrogens with zero attached hydrogens (tertiary/aromatic N) is 1. The highest BCUT2D eigenvalue weighted by atomic mass is 79.9. The van der Waals surface area contributed by atoms with Gasteiger partial charge in [0.05, 0.1) is 10.7 Å². The Bertz CT molecular complexity index is 548. The van der Waals surface area contributed by atoms with Crippen LogP contribution in [0, 0.1) is 6.92 Å². The van der Waals surface area contributed by atoms with E-state index in [4.69, 9.17) is 5.11 Å². The van der Waals surface area contributed by atoms with Crippen molar-refractivity contribution >= 4 is 33.2 Å². The molecule has 1 N–H and O–H groups in total. The lowest BCUT2D eigenvalue weighted by Gasteiger charge is -1.97. The van der Waals surface area contributed by atoms with E-state index in [0.717, 1.165) is 15.0 Å². The first-order chi connectivity index (χ1) is 8.06. The van der Waals surface area contributed by atoms with Gasteiger partial charge in [-0.1, -0.05) is 28.1 Å². The number of rotatable bonds is 3. The smallest absolute Gasteiger partial charge is 0.347 e. The van der Waals surface area contributed by atoms with Gasteiger partial charge >= 0.3 is 5.97 Å². The van der Waals surface area contributed by atoms with E-state index in [9.17, 15) is 4.79 Å². The van der Waals surface area contributed by atoms with Gasteiger partial charge in [0.1, 0.15) is 4.88 Å². The number of aromatic nitrogens is 1. The molecule has 1 aromatic carbocycles. The Morgan fingerprint density at radius 2 is 2.06 bits per heavy atom. The minimum Gasteiger partial charge on any atom is -0.477 e. The summed E-state index contributed by atoms with van der Waals surface area (Å²) in [6.07, 6.45) is 0.673. The second-order valence-corrected chi connectivity index (χ2v) is 5.63. The van der Waals surface area contributed by atoms with Gasteiger partial charge in [-0.25, -0.2) is 9.78 Å². The van der Waals surface area contributed by atoms with Crippen LogP contribution in [0.15, 0.2) is 28.7 Å². The molecular formula is C12H10BrNO2S. The van der Waals surface area contributed by atoms with Crippen molar-refractivity contribution < 1.29 is 9.90 Å². The fourth-order valence-corrected chi connectivity index (χ4v) is 2.71. The second kappa shape index (κ2) is 4.98. The maximum Gasteiger partial charge on any atom is 0.347 e. The predicted molar refractivity (Wildman–Crippen MR) is 70.8 cm³/mol. The average Bonchev–Trinajstić information content (AvgIpc) is 2.63. The molecule has 0 spiro atoms. The lowest BCUT2D eigenvalue weighted by molar-refractivity contribution is 0.0701. The molecular weight excluding hydrogens is 302 g/mol. The molecule has 1 heterocycles. The van der Waals surface area contributed by atoms with E-state index in [0.29, 0.717) is 17.0 Å². The highest BCUT2D eigenvalue weighted by Crippen LogP contribution is 2.21. The van der Waals surface area contributed by atoms with Crippen LogP contribution in [0.2, 0.25) is 0 Å². The predicted octanol–water partition coefficient (Wildman–Crippen LogP) is 3.50. The molecule has 17 heavy (non-hydrogen) atoms. The molecule has 0 amide bonds. The van der Waals surface area contributed by atoms with Gasteiger partial charge in [0.25, 0.3) is 0 Å². The van der Waals surface area contributed by atoms with Crippen LogP contribution < -0.4 is 0 Å². The number of carboxylic acids is 1. The molecule has 0 saturated heterocycles. The number of aryl methyl sites for hydroxylation is 1. The first kappa shape index (κ1) is 12.3. The molecule has 0 atom stereocenters. The van der Waals surface area contributed by atoms with Gasteiger partial charge in [-0.15, -0.1) is 11.3 Å². The summed E-state index contributed by atoms with van der Waals surface area (Å²) in [5.74, 6) is -0.901. The van der Waals surface area contributed by atoms with E-state index >= 15 is 0 Å². The summed E-state index contributed by atoms with van der Waals surface area (Å²) >= 11 is 4.62. The Hall–Kier alpha value is -1.20. The highest BCUT2D eigenvalue weighted by molar-refractivity contribution is 9.10. The molecule has 3 nitrogen and oxygen atoms in total. The Labute approximate surface area is 111 Å². The summed E-state index contributed by atoms with van der Waals surface area (Å²) in [7, 11) is 0. The van der Waals surface area contributed by atoms with Crippen molar-refractivity contribution in [3.63, 3.8) is 0 Å². The Balaban J connectivity index is 2.22.